The number of ether oxygens (including phenoxy) is 3. The number of benzene rings is 1. The van der Waals surface area contributed by atoms with Crippen molar-refractivity contribution >= 4 is 6.21 Å². The zero-order valence-corrected chi connectivity index (χ0v) is 12.4. The van der Waals surface area contributed by atoms with E-state index in [1.165, 1.54) is 19.3 Å². The lowest BCUT2D eigenvalue weighted by molar-refractivity contribution is 0.240. The van der Waals surface area contributed by atoms with E-state index in [1.54, 1.807) is 21.3 Å². The van der Waals surface area contributed by atoms with Crippen LogP contribution in [0.25, 0.3) is 0 Å². The minimum absolute atomic E-state index is 0.602. The van der Waals surface area contributed by atoms with Crippen LogP contribution in [0.4, 0.5) is 0 Å². The largest absolute Gasteiger partial charge is 0.493 e. The predicted molar refractivity (Wildman–Crippen MR) is 79.1 cm³/mol. The smallest absolute Gasteiger partial charge is 0.203 e. The zero-order chi connectivity index (χ0) is 14.4. The fourth-order valence-electron chi connectivity index (χ4n) is 2.32. The van der Waals surface area contributed by atoms with E-state index in [-0.39, 0.29) is 0 Å². The van der Waals surface area contributed by atoms with E-state index in [1.807, 2.05) is 18.3 Å². The van der Waals surface area contributed by atoms with Gasteiger partial charge < -0.3 is 14.2 Å². The van der Waals surface area contributed by atoms with Gasteiger partial charge in [-0.25, -0.2) is 0 Å². The Balaban J connectivity index is 2.20. The quantitative estimate of drug-likeness (QED) is 0.776. The highest BCUT2D eigenvalue weighted by molar-refractivity contribution is 5.82. The monoisotopic (exact) mass is 278 g/mol. The third kappa shape index (κ3) is 3.35. The van der Waals surface area contributed by atoms with Crippen molar-refractivity contribution in [3.8, 4) is 17.2 Å². The number of nitrogens with zero attached hydrogens (tertiary/aromatic N) is 2. The summed E-state index contributed by atoms with van der Waals surface area (Å²) < 4.78 is 16.0. The molecule has 110 valence electrons. The fourth-order valence-corrected chi connectivity index (χ4v) is 2.32. The van der Waals surface area contributed by atoms with Crippen molar-refractivity contribution in [2.24, 2.45) is 5.10 Å². The van der Waals surface area contributed by atoms with E-state index < -0.39 is 0 Å². The van der Waals surface area contributed by atoms with Crippen molar-refractivity contribution in [3.05, 3.63) is 17.7 Å². The molecule has 0 aliphatic carbocycles. The molecule has 1 aromatic rings. The molecule has 1 aliphatic rings. The predicted octanol–water partition coefficient (Wildman–Crippen LogP) is 2.53. The summed E-state index contributed by atoms with van der Waals surface area (Å²) in [6.45, 7) is 2.06. The van der Waals surface area contributed by atoms with Gasteiger partial charge in [0, 0.05) is 18.7 Å². The van der Waals surface area contributed by atoms with Gasteiger partial charge in [-0.3, -0.25) is 5.01 Å². The lowest BCUT2D eigenvalue weighted by atomic mass is 10.2. The molecule has 20 heavy (non-hydrogen) atoms. The molecule has 0 saturated carbocycles. The summed E-state index contributed by atoms with van der Waals surface area (Å²) in [6, 6.07) is 3.80. The molecule has 0 bridgehead atoms. The first kappa shape index (κ1) is 14.5. The van der Waals surface area contributed by atoms with Crippen LogP contribution in [0.2, 0.25) is 0 Å². The number of methoxy groups -OCH3 is 3. The molecule has 2 rings (SSSR count). The van der Waals surface area contributed by atoms with E-state index in [4.69, 9.17) is 14.2 Å². The molecular formula is C15H22N2O3. The van der Waals surface area contributed by atoms with Crippen molar-refractivity contribution in [2.75, 3.05) is 34.4 Å². The summed E-state index contributed by atoms with van der Waals surface area (Å²) in [5.41, 5.74) is 0.935. The third-order valence-corrected chi connectivity index (χ3v) is 3.39. The van der Waals surface area contributed by atoms with Crippen LogP contribution in [0.5, 0.6) is 17.2 Å². The van der Waals surface area contributed by atoms with Crippen LogP contribution < -0.4 is 14.2 Å². The molecule has 1 fully saturated rings. The Morgan fingerprint density at radius 1 is 0.950 bits per heavy atom. The molecule has 1 aliphatic heterocycles. The van der Waals surface area contributed by atoms with Crippen LogP contribution in [0.1, 0.15) is 24.8 Å². The van der Waals surface area contributed by atoms with Gasteiger partial charge >= 0.3 is 0 Å². The van der Waals surface area contributed by atoms with Crippen LogP contribution in [-0.2, 0) is 0 Å². The minimum Gasteiger partial charge on any atom is -0.493 e. The second-order valence-electron chi connectivity index (χ2n) is 4.72. The number of piperidine rings is 1. The van der Waals surface area contributed by atoms with Gasteiger partial charge in [0.2, 0.25) is 5.75 Å². The van der Waals surface area contributed by atoms with Gasteiger partial charge in [-0.15, -0.1) is 0 Å². The van der Waals surface area contributed by atoms with E-state index in [0.29, 0.717) is 17.2 Å². The van der Waals surface area contributed by atoms with E-state index in [2.05, 4.69) is 10.1 Å². The summed E-state index contributed by atoms with van der Waals surface area (Å²) >= 11 is 0. The Bertz CT molecular complexity index is 443. The Kier molecular flexibility index (Phi) is 5.09. The normalized spacial score (nSPS) is 15.4. The topological polar surface area (TPSA) is 43.3 Å². The summed E-state index contributed by atoms with van der Waals surface area (Å²) in [5.74, 6) is 1.89. The summed E-state index contributed by atoms with van der Waals surface area (Å²) in [4.78, 5) is 0. The SMILES string of the molecule is COc1cc(/C=N\N2CCCCC2)cc(OC)c1OC. The number of hydrogen-bond acceptors (Lipinski definition) is 5. The summed E-state index contributed by atoms with van der Waals surface area (Å²) in [5, 5.41) is 6.62. The van der Waals surface area contributed by atoms with Gasteiger partial charge in [0.1, 0.15) is 0 Å². The first-order valence-corrected chi connectivity index (χ1v) is 6.87. The van der Waals surface area contributed by atoms with Crippen molar-refractivity contribution in [3.63, 3.8) is 0 Å². The van der Waals surface area contributed by atoms with E-state index in [9.17, 15) is 0 Å². The molecular weight excluding hydrogens is 256 g/mol. The number of rotatable bonds is 5. The highest BCUT2D eigenvalue weighted by Crippen LogP contribution is 2.37. The maximum absolute atomic E-state index is 5.33. The van der Waals surface area contributed by atoms with Crippen LogP contribution in [0.15, 0.2) is 17.2 Å². The van der Waals surface area contributed by atoms with E-state index >= 15 is 0 Å². The van der Waals surface area contributed by atoms with Gasteiger partial charge in [0.25, 0.3) is 0 Å². The Hall–Kier alpha value is -1.91. The van der Waals surface area contributed by atoms with Gasteiger partial charge in [0.15, 0.2) is 11.5 Å². The van der Waals surface area contributed by atoms with Crippen LogP contribution >= 0.6 is 0 Å². The molecule has 0 amide bonds. The van der Waals surface area contributed by atoms with Gasteiger partial charge in [-0.05, 0) is 31.4 Å². The Morgan fingerprint density at radius 2 is 1.55 bits per heavy atom. The molecule has 0 N–H and O–H groups in total. The number of hydrazone groups is 1. The first-order valence-electron chi connectivity index (χ1n) is 6.87. The molecule has 0 atom stereocenters. The van der Waals surface area contributed by atoms with Crippen molar-refractivity contribution in [2.45, 2.75) is 19.3 Å². The lowest BCUT2D eigenvalue weighted by Gasteiger charge is -2.23. The summed E-state index contributed by atoms with van der Waals surface area (Å²) in [6.07, 6.45) is 5.57. The highest BCUT2D eigenvalue weighted by Gasteiger charge is 2.12. The molecule has 1 saturated heterocycles. The van der Waals surface area contributed by atoms with Crippen molar-refractivity contribution in [1.29, 1.82) is 0 Å². The second-order valence-corrected chi connectivity index (χ2v) is 4.72. The molecule has 1 aromatic carbocycles. The molecule has 0 unspecified atom stereocenters. The van der Waals surface area contributed by atoms with Crippen LogP contribution in [0, 0.1) is 0 Å². The van der Waals surface area contributed by atoms with Crippen molar-refractivity contribution < 1.29 is 14.2 Å². The van der Waals surface area contributed by atoms with Crippen LogP contribution in [0.3, 0.4) is 0 Å². The zero-order valence-electron chi connectivity index (χ0n) is 12.4. The highest BCUT2D eigenvalue weighted by atomic mass is 16.5. The minimum atomic E-state index is 0.602. The second kappa shape index (κ2) is 7.03. The fraction of sp³-hybridized carbons (Fsp3) is 0.533. The maximum atomic E-state index is 5.33. The lowest BCUT2D eigenvalue weighted by Crippen LogP contribution is -2.24. The maximum Gasteiger partial charge on any atom is 0.203 e. The van der Waals surface area contributed by atoms with Gasteiger partial charge in [-0.1, -0.05) is 0 Å². The average Bonchev–Trinajstić information content (AvgIpc) is 2.52. The first-order chi connectivity index (χ1) is 9.78. The summed E-state index contributed by atoms with van der Waals surface area (Å²) in [7, 11) is 4.83. The van der Waals surface area contributed by atoms with Gasteiger partial charge in [0.05, 0.1) is 27.5 Å². The molecule has 1 heterocycles. The van der Waals surface area contributed by atoms with Crippen molar-refractivity contribution in [1.82, 2.24) is 5.01 Å². The molecule has 5 heteroatoms. The Labute approximate surface area is 120 Å². The third-order valence-electron chi connectivity index (χ3n) is 3.39. The standard InChI is InChI=1S/C15H22N2O3/c1-18-13-9-12(10-14(19-2)15(13)20-3)11-16-17-7-5-4-6-8-17/h9-11H,4-8H2,1-3H3/b16-11-. The molecule has 0 radical (unpaired) electrons. The van der Waals surface area contributed by atoms with Gasteiger partial charge in [-0.2, -0.15) is 5.10 Å². The number of hydrogen-bond donors (Lipinski definition) is 0. The van der Waals surface area contributed by atoms with E-state index in [0.717, 1.165) is 18.7 Å². The average molecular weight is 278 g/mol. The Morgan fingerprint density at radius 3 is 2.05 bits per heavy atom. The molecule has 0 aromatic heterocycles. The molecule has 0 spiro atoms. The van der Waals surface area contributed by atoms with Crippen LogP contribution in [-0.4, -0.2) is 45.6 Å². The molecule has 5 nitrogen and oxygen atoms in total.